The first-order valence-electron chi connectivity index (χ1n) is 4.04. The van der Waals surface area contributed by atoms with Gasteiger partial charge < -0.3 is 0 Å². The van der Waals surface area contributed by atoms with Crippen LogP contribution in [0.5, 0.6) is 0 Å². The number of hydrogen-bond acceptors (Lipinski definition) is 4. The summed E-state index contributed by atoms with van der Waals surface area (Å²) < 4.78 is 1.82. The third-order valence-electron chi connectivity index (χ3n) is 2.02. The van der Waals surface area contributed by atoms with Gasteiger partial charge in [0, 0.05) is 5.69 Å². The maximum atomic E-state index is 5.64. The highest BCUT2D eigenvalue weighted by molar-refractivity contribution is 6.28. The normalized spacial score (nSPS) is 10.5. The molecular formula is C8H8ClN5. The Hall–Kier alpha value is -1.49. The van der Waals surface area contributed by atoms with Gasteiger partial charge in [-0.2, -0.15) is 10.1 Å². The molecule has 0 unspecified atom stereocenters. The van der Waals surface area contributed by atoms with Crippen molar-refractivity contribution in [2.24, 2.45) is 0 Å². The van der Waals surface area contributed by atoms with Gasteiger partial charge in [-0.15, -0.1) is 5.10 Å². The monoisotopic (exact) mass is 209 g/mol. The molecular weight excluding hydrogens is 202 g/mol. The fourth-order valence-electron chi connectivity index (χ4n) is 1.12. The molecule has 0 atom stereocenters. The van der Waals surface area contributed by atoms with Crippen LogP contribution in [0.4, 0.5) is 0 Å². The van der Waals surface area contributed by atoms with Crippen molar-refractivity contribution in [3.8, 4) is 5.82 Å². The number of aryl methyl sites for hydroxylation is 1. The minimum Gasteiger partial charge on any atom is -0.286 e. The highest BCUT2D eigenvalue weighted by Gasteiger charge is 2.06. The van der Waals surface area contributed by atoms with Crippen LogP contribution in [0.15, 0.2) is 12.5 Å². The molecule has 72 valence electrons. The second-order valence-corrected chi connectivity index (χ2v) is 3.21. The van der Waals surface area contributed by atoms with Crippen LogP contribution in [-0.4, -0.2) is 24.7 Å². The Morgan fingerprint density at radius 3 is 2.71 bits per heavy atom. The highest BCUT2D eigenvalue weighted by Crippen LogP contribution is 2.11. The molecule has 0 aliphatic rings. The van der Waals surface area contributed by atoms with E-state index in [-0.39, 0.29) is 5.28 Å². The number of imidazole rings is 1. The maximum Gasteiger partial charge on any atom is 0.244 e. The van der Waals surface area contributed by atoms with E-state index >= 15 is 0 Å². The molecule has 2 heterocycles. The zero-order valence-electron chi connectivity index (χ0n) is 7.77. The lowest BCUT2D eigenvalue weighted by molar-refractivity contribution is 0.879. The largest absolute Gasteiger partial charge is 0.286 e. The van der Waals surface area contributed by atoms with Gasteiger partial charge in [0.05, 0.1) is 11.9 Å². The lowest BCUT2D eigenvalue weighted by atomic mass is 10.4. The van der Waals surface area contributed by atoms with Gasteiger partial charge in [-0.1, -0.05) is 0 Å². The summed E-state index contributed by atoms with van der Waals surface area (Å²) in [5.41, 5.74) is 1.97. The van der Waals surface area contributed by atoms with Crippen molar-refractivity contribution in [2.75, 3.05) is 0 Å². The van der Waals surface area contributed by atoms with Crippen LogP contribution in [0.2, 0.25) is 5.28 Å². The molecule has 0 saturated carbocycles. The topological polar surface area (TPSA) is 56.5 Å². The third-order valence-corrected chi connectivity index (χ3v) is 2.18. The summed E-state index contributed by atoms with van der Waals surface area (Å²) in [5, 5.41) is 7.42. The fourth-order valence-corrected chi connectivity index (χ4v) is 1.25. The van der Waals surface area contributed by atoms with Crippen molar-refractivity contribution in [3.05, 3.63) is 29.2 Å². The lowest BCUT2D eigenvalue weighted by Gasteiger charge is -2.02. The molecule has 2 rings (SSSR count). The molecule has 5 nitrogen and oxygen atoms in total. The number of hydrogen-bond donors (Lipinski definition) is 0. The van der Waals surface area contributed by atoms with E-state index in [1.54, 1.807) is 12.5 Å². The van der Waals surface area contributed by atoms with E-state index in [9.17, 15) is 0 Å². The van der Waals surface area contributed by atoms with Gasteiger partial charge in [0.2, 0.25) is 5.28 Å². The quantitative estimate of drug-likeness (QED) is 0.711. The average molecular weight is 210 g/mol. The molecule has 0 spiro atoms. The first-order chi connectivity index (χ1) is 6.68. The standard InChI is InChI=1S/C8H8ClN5/c1-5-6(2)14(4-10-5)7-3-11-13-8(9)12-7/h3-4H,1-2H3. The minimum absolute atomic E-state index is 0.133. The molecule has 6 heteroatoms. The molecule has 0 fully saturated rings. The van der Waals surface area contributed by atoms with Gasteiger partial charge in [0.25, 0.3) is 0 Å². The van der Waals surface area contributed by atoms with Gasteiger partial charge in [0.1, 0.15) is 6.33 Å². The van der Waals surface area contributed by atoms with E-state index in [4.69, 9.17) is 11.6 Å². The van der Waals surface area contributed by atoms with Gasteiger partial charge in [0.15, 0.2) is 5.82 Å². The van der Waals surface area contributed by atoms with Crippen LogP contribution in [0.25, 0.3) is 5.82 Å². The molecule has 0 saturated heterocycles. The molecule has 0 aromatic carbocycles. The SMILES string of the molecule is Cc1ncn(-c2cnnc(Cl)n2)c1C. The Morgan fingerprint density at radius 2 is 2.14 bits per heavy atom. The van der Waals surface area contributed by atoms with Crippen molar-refractivity contribution in [1.29, 1.82) is 0 Å². The van der Waals surface area contributed by atoms with E-state index in [2.05, 4.69) is 20.2 Å². The summed E-state index contributed by atoms with van der Waals surface area (Å²) in [5.74, 6) is 0.628. The van der Waals surface area contributed by atoms with Crippen molar-refractivity contribution >= 4 is 11.6 Å². The summed E-state index contributed by atoms with van der Waals surface area (Å²) in [4.78, 5) is 8.19. The van der Waals surface area contributed by atoms with Gasteiger partial charge in [-0.3, -0.25) is 4.57 Å². The molecule has 14 heavy (non-hydrogen) atoms. The van der Waals surface area contributed by atoms with E-state index in [1.807, 2.05) is 18.4 Å². The lowest BCUT2D eigenvalue weighted by Crippen LogP contribution is -2.01. The predicted molar refractivity (Wildman–Crippen MR) is 51.4 cm³/mol. The second kappa shape index (κ2) is 3.34. The highest BCUT2D eigenvalue weighted by atomic mass is 35.5. The smallest absolute Gasteiger partial charge is 0.244 e. The van der Waals surface area contributed by atoms with Crippen LogP contribution in [0.3, 0.4) is 0 Å². The van der Waals surface area contributed by atoms with E-state index in [0.29, 0.717) is 5.82 Å². The first kappa shape index (κ1) is 9.08. The van der Waals surface area contributed by atoms with Gasteiger partial charge in [-0.25, -0.2) is 4.98 Å². The summed E-state index contributed by atoms with van der Waals surface area (Å²) in [7, 11) is 0. The maximum absolute atomic E-state index is 5.64. The van der Waals surface area contributed by atoms with E-state index in [0.717, 1.165) is 11.4 Å². The van der Waals surface area contributed by atoms with E-state index in [1.165, 1.54) is 0 Å². The Kier molecular flexibility index (Phi) is 2.17. The van der Waals surface area contributed by atoms with E-state index < -0.39 is 0 Å². The van der Waals surface area contributed by atoms with Crippen LogP contribution in [-0.2, 0) is 0 Å². The summed E-state index contributed by atoms with van der Waals surface area (Å²) in [6, 6.07) is 0. The average Bonchev–Trinajstić information content (AvgIpc) is 2.48. The number of rotatable bonds is 1. The molecule has 0 aliphatic heterocycles. The Bertz CT molecular complexity index is 465. The van der Waals surface area contributed by atoms with Crippen molar-refractivity contribution < 1.29 is 0 Å². The summed E-state index contributed by atoms with van der Waals surface area (Å²) >= 11 is 5.64. The van der Waals surface area contributed by atoms with Gasteiger partial charge >= 0.3 is 0 Å². The van der Waals surface area contributed by atoms with Crippen LogP contribution in [0, 0.1) is 13.8 Å². The molecule has 0 aliphatic carbocycles. The number of aromatic nitrogens is 5. The Balaban J connectivity index is 2.55. The van der Waals surface area contributed by atoms with Crippen LogP contribution in [0.1, 0.15) is 11.4 Å². The zero-order chi connectivity index (χ0) is 10.1. The summed E-state index contributed by atoms with van der Waals surface area (Å²) in [6.07, 6.45) is 3.23. The van der Waals surface area contributed by atoms with Crippen LogP contribution < -0.4 is 0 Å². The number of halogens is 1. The number of nitrogens with zero attached hydrogens (tertiary/aromatic N) is 5. The molecule has 0 N–H and O–H groups in total. The second-order valence-electron chi connectivity index (χ2n) is 2.87. The van der Waals surface area contributed by atoms with Crippen molar-refractivity contribution in [1.82, 2.24) is 24.7 Å². The molecule has 0 radical (unpaired) electrons. The third kappa shape index (κ3) is 1.46. The molecule has 0 bridgehead atoms. The minimum atomic E-state index is 0.133. The Morgan fingerprint density at radius 1 is 1.36 bits per heavy atom. The molecule has 2 aromatic heterocycles. The zero-order valence-corrected chi connectivity index (χ0v) is 8.52. The fraction of sp³-hybridized carbons (Fsp3) is 0.250. The summed E-state index contributed by atoms with van der Waals surface area (Å²) in [6.45, 7) is 3.89. The first-order valence-corrected chi connectivity index (χ1v) is 4.42. The molecule has 2 aromatic rings. The Labute approximate surface area is 85.8 Å². The van der Waals surface area contributed by atoms with Crippen molar-refractivity contribution in [2.45, 2.75) is 13.8 Å². The van der Waals surface area contributed by atoms with Gasteiger partial charge in [-0.05, 0) is 25.4 Å². The van der Waals surface area contributed by atoms with Crippen LogP contribution >= 0.6 is 11.6 Å². The predicted octanol–water partition coefficient (Wildman–Crippen LogP) is 1.33. The van der Waals surface area contributed by atoms with Crippen molar-refractivity contribution in [3.63, 3.8) is 0 Å². The molecule has 0 amide bonds.